The van der Waals surface area contributed by atoms with E-state index in [1.165, 1.54) is 0 Å². The van der Waals surface area contributed by atoms with Crippen molar-refractivity contribution in [2.45, 2.75) is 26.8 Å². The van der Waals surface area contributed by atoms with Crippen LogP contribution in [0.1, 0.15) is 19.4 Å². The summed E-state index contributed by atoms with van der Waals surface area (Å²) in [5.41, 5.74) is 1.14. The van der Waals surface area contributed by atoms with Crippen molar-refractivity contribution in [3.8, 4) is 5.75 Å². The first-order valence-electron chi connectivity index (χ1n) is 6.29. The molecule has 1 aromatic rings. The van der Waals surface area contributed by atoms with Crippen LogP contribution in [0.5, 0.6) is 5.75 Å². The second-order valence-corrected chi connectivity index (χ2v) is 4.91. The number of benzene rings is 1. The van der Waals surface area contributed by atoms with Gasteiger partial charge in [-0.3, -0.25) is 0 Å². The molecule has 18 heavy (non-hydrogen) atoms. The molecule has 0 fully saturated rings. The van der Waals surface area contributed by atoms with Gasteiger partial charge in [0.05, 0.1) is 18.2 Å². The molecule has 0 saturated heterocycles. The molecule has 1 aromatic carbocycles. The van der Waals surface area contributed by atoms with Gasteiger partial charge in [0.2, 0.25) is 0 Å². The first kappa shape index (κ1) is 15.3. The van der Waals surface area contributed by atoms with E-state index in [4.69, 9.17) is 21.1 Å². The van der Waals surface area contributed by atoms with E-state index < -0.39 is 0 Å². The average molecular weight is 272 g/mol. The second-order valence-electron chi connectivity index (χ2n) is 4.50. The molecule has 0 aromatic heterocycles. The van der Waals surface area contributed by atoms with Gasteiger partial charge in [0.1, 0.15) is 12.4 Å². The van der Waals surface area contributed by atoms with E-state index in [1.807, 2.05) is 25.1 Å². The van der Waals surface area contributed by atoms with Crippen LogP contribution in [0.2, 0.25) is 5.02 Å². The van der Waals surface area contributed by atoms with Crippen LogP contribution in [0.4, 0.5) is 0 Å². The number of nitrogens with one attached hydrogen (secondary N) is 1. The smallest absolute Gasteiger partial charge is 0.138 e. The van der Waals surface area contributed by atoms with Crippen molar-refractivity contribution >= 4 is 11.6 Å². The van der Waals surface area contributed by atoms with E-state index in [0.29, 0.717) is 30.9 Å². The molecule has 0 amide bonds. The Kier molecular flexibility index (Phi) is 7.09. The summed E-state index contributed by atoms with van der Waals surface area (Å²) in [6, 6.07) is 6.24. The highest BCUT2D eigenvalue weighted by atomic mass is 35.5. The summed E-state index contributed by atoms with van der Waals surface area (Å²) in [5.74, 6) is 0.723. The molecule has 1 rings (SSSR count). The van der Waals surface area contributed by atoms with Crippen LogP contribution in [-0.2, 0) is 4.74 Å². The van der Waals surface area contributed by atoms with E-state index in [-0.39, 0.29) is 0 Å². The summed E-state index contributed by atoms with van der Waals surface area (Å²) in [5, 5.41) is 3.92. The topological polar surface area (TPSA) is 30.5 Å². The van der Waals surface area contributed by atoms with Gasteiger partial charge in [-0.25, -0.2) is 0 Å². The number of halogens is 1. The maximum absolute atomic E-state index is 6.02. The third kappa shape index (κ3) is 6.24. The molecule has 0 aliphatic carbocycles. The Hall–Kier alpha value is -0.770. The normalized spacial score (nSPS) is 10.9. The van der Waals surface area contributed by atoms with Crippen LogP contribution in [0.25, 0.3) is 0 Å². The monoisotopic (exact) mass is 271 g/mol. The summed E-state index contributed by atoms with van der Waals surface area (Å²) in [7, 11) is 0. The molecule has 4 heteroatoms. The highest BCUT2D eigenvalue weighted by molar-refractivity contribution is 6.32. The predicted octanol–water partition coefficient (Wildman–Crippen LogP) is 3.04. The number of ether oxygens (including phenoxy) is 2. The molecular weight excluding hydrogens is 250 g/mol. The summed E-state index contributed by atoms with van der Waals surface area (Å²) in [6.45, 7) is 8.89. The first-order chi connectivity index (χ1) is 8.59. The summed E-state index contributed by atoms with van der Waals surface area (Å²) in [4.78, 5) is 0. The van der Waals surface area contributed by atoms with Crippen molar-refractivity contribution in [1.82, 2.24) is 5.32 Å². The molecular formula is C14H22ClNO2. The molecule has 102 valence electrons. The standard InChI is InChI=1S/C14H22ClNO2/c1-11(2)16-6-7-17-8-9-18-14-10-12(3)4-5-13(14)15/h4-5,10-11,16H,6-9H2,1-3H3. The SMILES string of the molecule is Cc1ccc(Cl)c(OCCOCCNC(C)C)c1. The number of hydrogen-bond acceptors (Lipinski definition) is 3. The maximum atomic E-state index is 6.02. The lowest BCUT2D eigenvalue weighted by Gasteiger charge is -2.10. The molecule has 0 aliphatic rings. The van der Waals surface area contributed by atoms with Crippen LogP contribution in [-0.4, -0.2) is 32.4 Å². The van der Waals surface area contributed by atoms with Crippen molar-refractivity contribution in [1.29, 1.82) is 0 Å². The van der Waals surface area contributed by atoms with Crippen LogP contribution < -0.4 is 10.1 Å². The third-order valence-corrected chi connectivity index (χ3v) is 2.68. The fraction of sp³-hybridized carbons (Fsp3) is 0.571. The highest BCUT2D eigenvalue weighted by Crippen LogP contribution is 2.24. The number of hydrogen-bond donors (Lipinski definition) is 1. The minimum atomic E-state index is 0.496. The van der Waals surface area contributed by atoms with E-state index in [0.717, 1.165) is 17.9 Å². The van der Waals surface area contributed by atoms with Gasteiger partial charge in [-0.2, -0.15) is 0 Å². The molecule has 0 atom stereocenters. The number of aryl methyl sites for hydroxylation is 1. The predicted molar refractivity (Wildman–Crippen MR) is 75.6 cm³/mol. The minimum Gasteiger partial charge on any atom is -0.490 e. The molecule has 0 bridgehead atoms. The molecule has 3 nitrogen and oxygen atoms in total. The molecule has 0 heterocycles. The van der Waals surface area contributed by atoms with Crippen LogP contribution >= 0.6 is 11.6 Å². The molecule has 0 saturated carbocycles. The second kappa shape index (κ2) is 8.35. The van der Waals surface area contributed by atoms with Crippen molar-refractivity contribution < 1.29 is 9.47 Å². The van der Waals surface area contributed by atoms with Crippen molar-refractivity contribution in [2.75, 3.05) is 26.4 Å². The molecule has 0 aliphatic heterocycles. The van der Waals surface area contributed by atoms with Gasteiger partial charge >= 0.3 is 0 Å². The Morgan fingerprint density at radius 2 is 2.00 bits per heavy atom. The van der Waals surface area contributed by atoms with E-state index in [2.05, 4.69) is 19.2 Å². The van der Waals surface area contributed by atoms with Gasteiger partial charge in [-0.05, 0) is 24.6 Å². The Morgan fingerprint density at radius 3 is 2.72 bits per heavy atom. The zero-order valence-corrected chi connectivity index (χ0v) is 12.1. The van der Waals surface area contributed by atoms with Crippen molar-refractivity contribution in [2.24, 2.45) is 0 Å². The fourth-order valence-electron chi connectivity index (χ4n) is 1.45. The van der Waals surface area contributed by atoms with Crippen LogP contribution in [0.15, 0.2) is 18.2 Å². The average Bonchev–Trinajstić information content (AvgIpc) is 2.32. The zero-order chi connectivity index (χ0) is 13.4. The lowest BCUT2D eigenvalue weighted by Crippen LogP contribution is -2.27. The van der Waals surface area contributed by atoms with Gasteiger partial charge in [0, 0.05) is 12.6 Å². The van der Waals surface area contributed by atoms with Crippen LogP contribution in [0.3, 0.4) is 0 Å². The summed E-state index contributed by atoms with van der Waals surface area (Å²) in [6.07, 6.45) is 0. The minimum absolute atomic E-state index is 0.496. The maximum Gasteiger partial charge on any atom is 0.138 e. The lowest BCUT2D eigenvalue weighted by atomic mass is 10.2. The van der Waals surface area contributed by atoms with E-state index in [1.54, 1.807) is 0 Å². The van der Waals surface area contributed by atoms with Gasteiger partial charge in [-0.1, -0.05) is 31.5 Å². The Labute approximate surface area is 114 Å². The highest BCUT2D eigenvalue weighted by Gasteiger charge is 2.01. The quantitative estimate of drug-likeness (QED) is 0.737. The van der Waals surface area contributed by atoms with Crippen molar-refractivity contribution in [3.05, 3.63) is 28.8 Å². The first-order valence-corrected chi connectivity index (χ1v) is 6.67. The number of rotatable bonds is 8. The Balaban J connectivity index is 2.12. The molecule has 0 spiro atoms. The zero-order valence-electron chi connectivity index (χ0n) is 11.3. The van der Waals surface area contributed by atoms with Gasteiger partial charge in [0.15, 0.2) is 0 Å². The van der Waals surface area contributed by atoms with E-state index in [9.17, 15) is 0 Å². The Bertz CT molecular complexity index is 356. The third-order valence-electron chi connectivity index (χ3n) is 2.37. The molecule has 0 unspecified atom stereocenters. The van der Waals surface area contributed by atoms with Gasteiger partial charge in [0.25, 0.3) is 0 Å². The van der Waals surface area contributed by atoms with E-state index >= 15 is 0 Å². The lowest BCUT2D eigenvalue weighted by molar-refractivity contribution is 0.101. The van der Waals surface area contributed by atoms with Gasteiger partial charge < -0.3 is 14.8 Å². The largest absolute Gasteiger partial charge is 0.490 e. The van der Waals surface area contributed by atoms with Gasteiger partial charge in [-0.15, -0.1) is 0 Å². The Morgan fingerprint density at radius 1 is 1.22 bits per heavy atom. The van der Waals surface area contributed by atoms with Crippen molar-refractivity contribution in [3.63, 3.8) is 0 Å². The summed E-state index contributed by atoms with van der Waals surface area (Å²) < 4.78 is 11.0. The van der Waals surface area contributed by atoms with Crippen LogP contribution in [0, 0.1) is 6.92 Å². The fourth-order valence-corrected chi connectivity index (χ4v) is 1.63. The molecule has 0 radical (unpaired) electrons. The molecule has 1 N–H and O–H groups in total. The summed E-state index contributed by atoms with van der Waals surface area (Å²) >= 11 is 6.02.